The minimum Gasteiger partial charge on any atom is -0.305 e. The van der Waals surface area contributed by atoms with Crippen molar-refractivity contribution in [2.24, 2.45) is 0 Å². The average molecular weight is 375 g/mol. The Morgan fingerprint density at radius 3 is 2.71 bits per heavy atom. The van der Waals surface area contributed by atoms with Gasteiger partial charge < -0.3 is 5.32 Å². The first kappa shape index (κ1) is 16.5. The number of nitrogens with one attached hydrogen (secondary N) is 1. The number of benzene rings is 1. The molecule has 0 bridgehead atoms. The molecule has 1 atom stereocenters. The number of hydrogen-bond acceptors (Lipinski definition) is 2. The summed E-state index contributed by atoms with van der Waals surface area (Å²) in [6.07, 6.45) is 1.65. The molecule has 2 rings (SSSR count). The van der Waals surface area contributed by atoms with Crippen molar-refractivity contribution in [3.8, 4) is 0 Å². The van der Waals surface area contributed by atoms with Crippen molar-refractivity contribution in [2.45, 2.75) is 32.9 Å². The van der Waals surface area contributed by atoms with Crippen molar-refractivity contribution in [3.63, 3.8) is 0 Å². The minimum absolute atomic E-state index is 0.135. The summed E-state index contributed by atoms with van der Waals surface area (Å²) in [7, 11) is 0. The highest BCUT2D eigenvalue weighted by molar-refractivity contribution is 9.10. The standard InChI is InChI=1S/C15H18BrClFN3/c1-4-19-14(10-5-6-13(18)11(16)7-10)15-12(17)8-20-21(15)9(2)3/h5-9,14,19H,4H2,1-3H3. The molecule has 1 aromatic carbocycles. The summed E-state index contributed by atoms with van der Waals surface area (Å²) >= 11 is 9.57. The molecule has 0 radical (unpaired) electrons. The first-order chi connectivity index (χ1) is 9.95. The van der Waals surface area contributed by atoms with Crippen LogP contribution in [0.2, 0.25) is 5.02 Å². The van der Waals surface area contributed by atoms with Crippen LogP contribution in [0.25, 0.3) is 0 Å². The van der Waals surface area contributed by atoms with E-state index in [9.17, 15) is 4.39 Å². The Hall–Kier alpha value is -0.910. The Bertz CT molecular complexity index is 627. The fourth-order valence-electron chi connectivity index (χ4n) is 2.30. The number of halogens is 3. The Morgan fingerprint density at radius 2 is 2.14 bits per heavy atom. The maximum atomic E-state index is 13.5. The molecule has 21 heavy (non-hydrogen) atoms. The molecule has 3 nitrogen and oxygen atoms in total. The topological polar surface area (TPSA) is 29.9 Å². The lowest BCUT2D eigenvalue weighted by atomic mass is 10.0. The Morgan fingerprint density at radius 1 is 1.43 bits per heavy atom. The third-order valence-corrected chi connectivity index (χ3v) is 4.13. The van der Waals surface area contributed by atoms with Gasteiger partial charge in [-0.2, -0.15) is 5.10 Å². The Labute approximate surface area is 137 Å². The molecule has 0 aliphatic rings. The van der Waals surface area contributed by atoms with Crippen molar-refractivity contribution >= 4 is 27.5 Å². The summed E-state index contributed by atoms with van der Waals surface area (Å²) in [6.45, 7) is 6.89. The van der Waals surface area contributed by atoms with E-state index in [0.29, 0.717) is 9.50 Å². The maximum Gasteiger partial charge on any atom is 0.137 e. The normalized spacial score (nSPS) is 12.9. The molecule has 0 saturated carbocycles. The van der Waals surface area contributed by atoms with Gasteiger partial charge in [-0.15, -0.1) is 0 Å². The fraction of sp³-hybridized carbons (Fsp3) is 0.400. The average Bonchev–Trinajstić information content (AvgIpc) is 2.81. The van der Waals surface area contributed by atoms with Crippen LogP contribution in [0, 0.1) is 5.82 Å². The highest BCUT2D eigenvalue weighted by Crippen LogP contribution is 2.32. The molecular formula is C15H18BrClFN3. The predicted molar refractivity (Wildman–Crippen MR) is 87.2 cm³/mol. The van der Waals surface area contributed by atoms with E-state index >= 15 is 0 Å². The first-order valence-electron chi connectivity index (χ1n) is 6.87. The molecule has 0 aliphatic heterocycles. The minimum atomic E-state index is -0.280. The molecular weight excluding hydrogens is 357 g/mol. The monoisotopic (exact) mass is 373 g/mol. The van der Waals surface area contributed by atoms with Crippen LogP contribution in [0.5, 0.6) is 0 Å². The summed E-state index contributed by atoms with van der Waals surface area (Å²) in [5, 5.41) is 8.34. The van der Waals surface area contributed by atoms with Crippen molar-refractivity contribution in [1.29, 1.82) is 0 Å². The molecule has 114 valence electrons. The molecule has 2 aromatic rings. The Balaban J connectivity index is 2.53. The van der Waals surface area contributed by atoms with Gasteiger partial charge in [-0.3, -0.25) is 4.68 Å². The van der Waals surface area contributed by atoms with Gasteiger partial charge in [0.05, 0.1) is 27.4 Å². The second-order valence-electron chi connectivity index (χ2n) is 5.08. The second kappa shape index (κ2) is 6.90. The van der Waals surface area contributed by atoms with E-state index in [1.807, 2.05) is 11.6 Å². The summed E-state index contributed by atoms with van der Waals surface area (Å²) in [6, 6.07) is 5.05. The van der Waals surface area contributed by atoms with Crippen LogP contribution >= 0.6 is 27.5 Å². The van der Waals surface area contributed by atoms with Gasteiger partial charge in [-0.1, -0.05) is 24.6 Å². The number of aromatic nitrogens is 2. The molecule has 6 heteroatoms. The molecule has 1 heterocycles. The maximum absolute atomic E-state index is 13.5. The highest BCUT2D eigenvalue weighted by Gasteiger charge is 2.23. The highest BCUT2D eigenvalue weighted by atomic mass is 79.9. The summed E-state index contributed by atoms with van der Waals surface area (Å²) in [4.78, 5) is 0. The summed E-state index contributed by atoms with van der Waals surface area (Å²) < 4.78 is 15.8. The van der Waals surface area contributed by atoms with Crippen LogP contribution in [0.15, 0.2) is 28.9 Å². The molecule has 1 unspecified atom stereocenters. The van der Waals surface area contributed by atoms with E-state index in [0.717, 1.165) is 17.8 Å². The lowest BCUT2D eigenvalue weighted by Gasteiger charge is -2.22. The van der Waals surface area contributed by atoms with Crippen LogP contribution in [0.4, 0.5) is 4.39 Å². The van der Waals surface area contributed by atoms with Gasteiger partial charge in [0, 0.05) is 6.04 Å². The lowest BCUT2D eigenvalue weighted by molar-refractivity contribution is 0.476. The summed E-state index contributed by atoms with van der Waals surface area (Å²) in [5.41, 5.74) is 1.83. The van der Waals surface area contributed by atoms with Crippen molar-refractivity contribution in [1.82, 2.24) is 15.1 Å². The van der Waals surface area contributed by atoms with Gasteiger partial charge in [0.15, 0.2) is 0 Å². The van der Waals surface area contributed by atoms with E-state index in [-0.39, 0.29) is 17.9 Å². The van der Waals surface area contributed by atoms with Crippen LogP contribution in [0.3, 0.4) is 0 Å². The third kappa shape index (κ3) is 3.47. The second-order valence-corrected chi connectivity index (χ2v) is 6.34. The lowest BCUT2D eigenvalue weighted by Crippen LogP contribution is -2.26. The molecule has 0 aliphatic carbocycles. The van der Waals surface area contributed by atoms with Crippen molar-refractivity contribution in [3.05, 3.63) is 51.0 Å². The molecule has 0 spiro atoms. The van der Waals surface area contributed by atoms with Crippen molar-refractivity contribution < 1.29 is 4.39 Å². The molecule has 1 N–H and O–H groups in total. The number of nitrogens with zero attached hydrogens (tertiary/aromatic N) is 2. The molecule has 0 fully saturated rings. The van der Waals surface area contributed by atoms with Gasteiger partial charge in [-0.25, -0.2) is 4.39 Å². The van der Waals surface area contributed by atoms with E-state index < -0.39 is 0 Å². The van der Waals surface area contributed by atoms with Gasteiger partial charge >= 0.3 is 0 Å². The van der Waals surface area contributed by atoms with Crippen LogP contribution in [-0.2, 0) is 0 Å². The quantitative estimate of drug-likeness (QED) is 0.821. The summed E-state index contributed by atoms with van der Waals surface area (Å²) in [5.74, 6) is -0.280. The number of hydrogen-bond donors (Lipinski definition) is 1. The van der Waals surface area contributed by atoms with Gasteiger partial charge in [0.2, 0.25) is 0 Å². The van der Waals surface area contributed by atoms with Gasteiger partial charge in [-0.05, 0) is 54.0 Å². The van der Waals surface area contributed by atoms with Crippen LogP contribution in [0.1, 0.15) is 44.1 Å². The van der Waals surface area contributed by atoms with E-state index in [4.69, 9.17) is 11.6 Å². The van der Waals surface area contributed by atoms with Crippen molar-refractivity contribution in [2.75, 3.05) is 6.54 Å². The third-order valence-electron chi connectivity index (χ3n) is 3.23. The fourth-order valence-corrected chi connectivity index (χ4v) is 2.94. The van der Waals surface area contributed by atoms with E-state index in [2.05, 4.69) is 40.2 Å². The number of rotatable bonds is 5. The Kier molecular flexibility index (Phi) is 5.41. The van der Waals surface area contributed by atoms with E-state index in [1.54, 1.807) is 18.3 Å². The first-order valence-corrected chi connectivity index (χ1v) is 8.04. The largest absolute Gasteiger partial charge is 0.305 e. The van der Waals surface area contributed by atoms with E-state index in [1.165, 1.54) is 6.07 Å². The zero-order valence-electron chi connectivity index (χ0n) is 12.2. The van der Waals surface area contributed by atoms with Crippen LogP contribution in [-0.4, -0.2) is 16.3 Å². The smallest absolute Gasteiger partial charge is 0.137 e. The zero-order chi connectivity index (χ0) is 15.6. The van der Waals surface area contributed by atoms with Crippen LogP contribution < -0.4 is 5.32 Å². The predicted octanol–water partition coefficient (Wildman–Crippen LogP) is 4.72. The zero-order valence-corrected chi connectivity index (χ0v) is 14.5. The SMILES string of the molecule is CCNC(c1ccc(F)c(Br)c1)c1c(Cl)cnn1C(C)C. The van der Waals surface area contributed by atoms with Gasteiger partial charge in [0.25, 0.3) is 0 Å². The molecule has 1 aromatic heterocycles. The molecule has 0 amide bonds. The van der Waals surface area contributed by atoms with Gasteiger partial charge in [0.1, 0.15) is 5.82 Å². The molecule has 0 saturated heterocycles.